The monoisotopic (exact) mass is 235 g/mol. The van der Waals surface area contributed by atoms with Crippen LogP contribution in [0.1, 0.15) is 12.5 Å². The molecule has 92 valence electrons. The summed E-state index contributed by atoms with van der Waals surface area (Å²) >= 11 is 0. The third-order valence-electron chi connectivity index (χ3n) is 3.11. The molecule has 2 atom stereocenters. The number of methoxy groups -OCH3 is 1. The van der Waals surface area contributed by atoms with Gasteiger partial charge in [-0.2, -0.15) is 5.10 Å². The molecule has 1 aliphatic heterocycles. The molecule has 1 aromatic heterocycles. The van der Waals surface area contributed by atoms with Crippen LogP contribution in [0.4, 0.5) is 0 Å². The molecular weight excluding hydrogens is 218 g/mol. The summed E-state index contributed by atoms with van der Waals surface area (Å²) in [5.41, 5.74) is 0. The van der Waals surface area contributed by atoms with E-state index in [0.29, 0.717) is 13.2 Å². The van der Waals surface area contributed by atoms with Crippen LogP contribution >= 0.6 is 0 Å². The van der Waals surface area contributed by atoms with Gasteiger partial charge in [0.25, 0.3) is 0 Å². The topological polar surface area (TPSA) is 47.4 Å². The number of rotatable bonds is 4. The van der Waals surface area contributed by atoms with Crippen molar-refractivity contribution in [2.75, 3.05) is 20.3 Å². The van der Waals surface area contributed by atoms with Gasteiger partial charge in [-0.05, 0) is 18.6 Å². The summed E-state index contributed by atoms with van der Waals surface area (Å²) < 4.78 is 7.06. The van der Waals surface area contributed by atoms with E-state index in [1.807, 2.05) is 21.8 Å². The van der Waals surface area contributed by atoms with Gasteiger partial charge < -0.3 is 9.64 Å². The number of likely N-dealkylation sites (tertiary alicyclic amines) is 1. The van der Waals surface area contributed by atoms with Gasteiger partial charge in [0, 0.05) is 26.0 Å². The lowest BCUT2D eigenvalue weighted by molar-refractivity contribution is -0.127. The van der Waals surface area contributed by atoms with Crippen molar-refractivity contribution >= 4 is 5.91 Å². The molecule has 5 heteroatoms. The first-order valence-electron chi connectivity index (χ1n) is 5.67. The molecule has 0 radical (unpaired) electrons. The van der Waals surface area contributed by atoms with Crippen molar-refractivity contribution in [2.24, 2.45) is 0 Å². The fraction of sp³-hybridized carbons (Fsp3) is 0.500. The lowest BCUT2D eigenvalue weighted by Gasteiger charge is -2.22. The highest BCUT2D eigenvalue weighted by Crippen LogP contribution is 2.27. The summed E-state index contributed by atoms with van der Waals surface area (Å²) in [5, 5.41) is 4.22. The Morgan fingerprint density at radius 3 is 3.12 bits per heavy atom. The van der Waals surface area contributed by atoms with Crippen LogP contribution in [0, 0.1) is 0 Å². The molecule has 2 heterocycles. The SMILES string of the molecule is C=CC(=O)N1C[C@@H](n2cccn2)C[C@@H]1COC. The Morgan fingerprint density at radius 2 is 2.53 bits per heavy atom. The Hall–Kier alpha value is -1.62. The number of ether oxygens (including phenoxy) is 1. The minimum absolute atomic E-state index is 0.0401. The lowest BCUT2D eigenvalue weighted by Crippen LogP contribution is -2.37. The molecule has 0 aromatic carbocycles. The van der Waals surface area contributed by atoms with Crippen LogP contribution < -0.4 is 0 Å². The average Bonchev–Trinajstić information content (AvgIpc) is 2.96. The predicted octanol–water partition coefficient (Wildman–Crippen LogP) is 0.857. The zero-order valence-corrected chi connectivity index (χ0v) is 9.95. The summed E-state index contributed by atoms with van der Waals surface area (Å²) in [6, 6.07) is 2.23. The number of carbonyl (C=O) groups is 1. The highest BCUT2D eigenvalue weighted by molar-refractivity contribution is 5.87. The number of hydrogen-bond donors (Lipinski definition) is 0. The minimum Gasteiger partial charge on any atom is -0.383 e. The van der Waals surface area contributed by atoms with E-state index in [1.165, 1.54) is 6.08 Å². The molecule has 0 bridgehead atoms. The summed E-state index contributed by atoms with van der Waals surface area (Å²) in [6.07, 6.45) is 5.91. The van der Waals surface area contributed by atoms with Crippen LogP contribution in [0.2, 0.25) is 0 Å². The highest BCUT2D eigenvalue weighted by atomic mass is 16.5. The molecule has 5 nitrogen and oxygen atoms in total. The van der Waals surface area contributed by atoms with Gasteiger partial charge in [0.1, 0.15) is 0 Å². The molecule has 0 aliphatic carbocycles. The van der Waals surface area contributed by atoms with Gasteiger partial charge in [0.05, 0.1) is 18.7 Å². The van der Waals surface area contributed by atoms with Gasteiger partial charge in [0.15, 0.2) is 0 Å². The molecule has 0 unspecified atom stereocenters. The highest BCUT2D eigenvalue weighted by Gasteiger charge is 2.35. The number of aromatic nitrogens is 2. The molecule has 1 aromatic rings. The molecule has 1 amide bonds. The van der Waals surface area contributed by atoms with Crippen molar-refractivity contribution in [3.8, 4) is 0 Å². The van der Waals surface area contributed by atoms with Crippen LogP contribution in [0.25, 0.3) is 0 Å². The van der Waals surface area contributed by atoms with E-state index in [4.69, 9.17) is 4.74 Å². The first-order chi connectivity index (χ1) is 8.26. The third kappa shape index (κ3) is 2.39. The van der Waals surface area contributed by atoms with E-state index >= 15 is 0 Å². The van der Waals surface area contributed by atoms with Crippen LogP contribution in [-0.2, 0) is 9.53 Å². The van der Waals surface area contributed by atoms with Gasteiger partial charge in [-0.25, -0.2) is 0 Å². The van der Waals surface area contributed by atoms with E-state index in [0.717, 1.165) is 6.42 Å². The maximum Gasteiger partial charge on any atom is 0.246 e. The van der Waals surface area contributed by atoms with Crippen molar-refractivity contribution in [2.45, 2.75) is 18.5 Å². The Kier molecular flexibility index (Phi) is 3.58. The maximum absolute atomic E-state index is 11.7. The van der Waals surface area contributed by atoms with Crippen molar-refractivity contribution < 1.29 is 9.53 Å². The van der Waals surface area contributed by atoms with Crippen LogP contribution in [0.5, 0.6) is 0 Å². The Balaban J connectivity index is 2.11. The van der Waals surface area contributed by atoms with E-state index in [1.54, 1.807) is 13.3 Å². The molecule has 0 saturated carbocycles. The normalized spacial score (nSPS) is 23.9. The lowest BCUT2D eigenvalue weighted by atomic mass is 10.2. The quantitative estimate of drug-likeness (QED) is 0.727. The maximum atomic E-state index is 11.7. The van der Waals surface area contributed by atoms with Crippen molar-refractivity contribution in [1.82, 2.24) is 14.7 Å². The van der Waals surface area contributed by atoms with Gasteiger partial charge >= 0.3 is 0 Å². The Labute approximate surface area is 101 Å². The van der Waals surface area contributed by atoms with Crippen molar-refractivity contribution in [1.29, 1.82) is 0 Å². The Bertz CT molecular complexity index is 388. The van der Waals surface area contributed by atoms with E-state index in [-0.39, 0.29) is 18.0 Å². The second kappa shape index (κ2) is 5.14. The van der Waals surface area contributed by atoms with Crippen LogP contribution in [-0.4, -0.2) is 46.9 Å². The van der Waals surface area contributed by atoms with Crippen LogP contribution in [0.15, 0.2) is 31.1 Å². The second-order valence-electron chi connectivity index (χ2n) is 4.18. The molecular formula is C12H17N3O2. The van der Waals surface area contributed by atoms with E-state index < -0.39 is 0 Å². The summed E-state index contributed by atoms with van der Waals surface area (Å²) in [7, 11) is 1.65. The van der Waals surface area contributed by atoms with E-state index in [2.05, 4.69) is 11.7 Å². The summed E-state index contributed by atoms with van der Waals surface area (Å²) in [4.78, 5) is 13.5. The number of hydrogen-bond acceptors (Lipinski definition) is 3. The summed E-state index contributed by atoms with van der Waals surface area (Å²) in [6.45, 7) is 4.75. The van der Waals surface area contributed by atoms with E-state index in [9.17, 15) is 4.79 Å². The predicted molar refractivity (Wildman–Crippen MR) is 63.5 cm³/mol. The van der Waals surface area contributed by atoms with Crippen molar-refractivity contribution in [3.63, 3.8) is 0 Å². The summed E-state index contributed by atoms with van der Waals surface area (Å²) in [5.74, 6) is -0.0401. The van der Waals surface area contributed by atoms with Gasteiger partial charge in [-0.1, -0.05) is 6.58 Å². The van der Waals surface area contributed by atoms with Crippen LogP contribution in [0.3, 0.4) is 0 Å². The Morgan fingerprint density at radius 1 is 1.71 bits per heavy atom. The molecule has 1 fully saturated rings. The molecule has 1 saturated heterocycles. The molecule has 0 N–H and O–H groups in total. The zero-order valence-electron chi connectivity index (χ0n) is 9.95. The first kappa shape index (κ1) is 11.9. The number of nitrogens with zero attached hydrogens (tertiary/aromatic N) is 3. The van der Waals surface area contributed by atoms with Gasteiger partial charge in [0.2, 0.25) is 5.91 Å². The third-order valence-corrected chi connectivity index (χ3v) is 3.11. The fourth-order valence-corrected chi connectivity index (χ4v) is 2.32. The average molecular weight is 235 g/mol. The first-order valence-corrected chi connectivity index (χ1v) is 5.67. The van der Waals surface area contributed by atoms with Crippen molar-refractivity contribution in [3.05, 3.63) is 31.1 Å². The molecule has 17 heavy (non-hydrogen) atoms. The minimum atomic E-state index is -0.0401. The number of amides is 1. The van der Waals surface area contributed by atoms with Gasteiger partial charge in [-0.15, -0.1) is 0 Å². The largest absolute Gasteiger partial charge is 0.383 e. The fourth-order valence-electron chi connectivity index (χ4n) is 2.32. The molecule has 0 spiro atoms. The smallest absolute Gasteiger partial charge is 0.246 e. The number of carbonyl (C=O) groups excluding carboxylic acids is 1. The standard InChI is InChI=1S/C12H17N3O2/c1-3-12(16)14-8-10(7-11(14)9-17-2)15-6-4-5-13-15/h3-6,10-11H,1,7-9H2,2H3/t10-,11+/m0/s1. The molecule has 2 rings (SSSR count). The molecule has 1 aliphatic rings. The van der Waals surface area contributed by atoms with Gasteiger partial charge in [-0.3, -0.25) is 9.48 Å². The zero-order chi connectivity index (χ0) is 12.3. The second-order valence-corrected chi connectivity index (χ2v) is 4.18.